The fraction of sp³-hybridized carbons (Fsp3) is 0.943. The van der Waals surface area contributed by atoms with Crippen LogP contribution in [0.5, 0.6) is 0 Å². The van der Waals surface area contributed by atoms with Crippen LogP contribution in [0, 0.1) is 11.8 Å². The summed E-state index contributed by atoms with van der Waals surface area (Å²) < 4.78 is 16.7. The summed E-state index contributed by atoms with van der Waals surface area (Å²) in [6, 6.07) is 0. The van der Waals surface area contributed by atoms with Crippen molar-refractivity contribution >= 4 is 17.9 Å². The minimum Gasteiger partial charge on any atom is -0.462 e. The summed E-state index contributed by atoms with van der Waals surface area (Å²) in [6.07, 6.45) is 46.8. The first-order chi connectivity index (χ1) is 28.7. The minimum atomic E-state index is -0.760. The van der Waals surface area contributed by atoms with Crippen LogP contribution < -0.4 is 0 Å². The topological polar surface area (TPSA) is 78.9 Å². The summed E-state index contributed by atoms with van der Waals surface area (Å²) in [5.74, 6) is 0.822. The van der Waals surface area contributed by atoms with Crippen LogP contribution in [0.3, 0.4) is 0 Å². The molecule has 0 unspecified atom stereocenters. The molecule has 0 saturated heterocycles. The Hall–Kier alpha value is -1.59. The second kappa shape index (κ2) is 45.9. The van der Waals surface area contributed by atoms with E-state index in [1.54, 1.807) is 0 Å². The number of carbonyl (C=O) groups is 3. The zero-order chi connectivity index (χ0) is 43.3. The number of ether oxygens (including phenoxy) is 3. The molecule has 0 aromatic heterocycles. The van der Waals surface area contributed by atoms with E-state index in [9.17, 15) is 14.4 Å². The maximum absolute atomic E-state index is 12.8. The Morgan fingerprint density at radius 3 is 0.831 bits per heavy atom. The highest BCUT2D eigenvalue weighted by Gasteiger charge is 2.19. The Morgan fingerprint density at radius 2 is 0.559 bits per heavy atom. The van der Waals surface area contributed by atoms with Crippen LogP contribution >= 0.6 is 0 Å². The summed E-state index contributed by atoms with van der Waals surface area (Å²) >= 11 is 0. The molecule has 0 radical (unpaired) electrons. The predicted octanol–water partition coefficient (Wildman–Crippen LogP) is 16.9. The number of hydrogen-bond donors (Lipinski definition) is 0. The SMILES string of the molecule is CCCCCCCCCC(=O)OC[C@H](COC(=O)CCCCCCCCCCCCC(C)C)OC(=O)CCCCCCCCCCCCCCCCCCCCC(C)C. The molecule has 0 amide bonds. The van der Waals surface area contributed by atoms with Gasteiger partial charge in [-0.2, -0.15) is 0 Å². The standard InChI is InChI=1S/C53H102O6/c1-6-7-8-9-26-33-38-43-51(54)57-46-50(47-58-52(55)44-39-34-29-24-21-20-23-28-32-37-42-49(4)5)59-53(56)45-40-35-30-25-19-17-15-13-11-10-12-14-16-18-22-27-31-36-41-48(2)3/h48-50H,6-47H2,1-5H3/t50-/m1/s1. The van der Waals surface area contributed by atoms with Crippen molar-refractivity contribution in [3.8, 4) is 0 Å². The molecule has 0 aromatic carbocycles. The molecular weight excluding hydrogens is 733 g/mol. The number of unbranched alkanes of at least 4 members (excludes halogenated alkanes) is 32. The van der Waals surface area contributed by atoms with Crippen molar-refractivity contribution in [2.75, 3.05) is 13.2 Å². The minimum absolute atomic E-state index is 0.0643. The normalized spacial score (nSPS) is 12.1. The van der Waals surface area contributed by atoms with Gasteiger partial charge in [0.15, 0.2) is 6.10 Å². The van der Waals surface area contributed by atoms with Crippen LogP contribution in [-0.2, 0) is 28.6 Å². The van der Waals surface area contributed by atoms with Crippen molar-refractivity contribution in [3.63, 3.8) is 0 Å². The molecule has 59 heavy (non-hydrogen) atoms. The Bertz CT molecular complexity index is 900. The third-order valence-electron chi connectivity index (χ3n) is 12.0. The monoisotopic (exact) mass is 835 g/mol. The van der Waals surface area contributed by atoms with Crippen LogP contribution in [-0.4, -0.2) is 37.2 Å². The van der Waals surface area contributed by atoms with E-state index in [-0.39, 0.29) is 31.1 Å². The first-order valence-corrected chi connectivity index (χ1v) is 26.2. The van der Waals surface area contributed by atoms with E-state index in [4.69, 9.17) is 14.2 Å². The molecule has 0 N–H and O–H groups in total. The van der Waals surface area contributed by atoms with E-state index in [0.717, 1.165) is 69.6 Å². The predicted molar refractivity (Wildman–Crippen MR) is 252 cm³/mol. The quantitative estimate of drug-likeness (QED) is 0.0345. The van der Waals surface area contributed by atoms with Gasteiger partial charge in [0, 0.05) is 19.3 Å². The van der Waals surface area contributed by atoms with Gasteiger partial charge in [0.1, 0.15) is 13.2 Å². The lowest BCUT2D eigenvalue weighted by Gasteiger charge is -2.18. The molecule has 0 aliphatic heterocycles. The number of esters is 3. The van der Waals surface area contributed by atoms with E-state index in [1.807, 2.05) is 0 Å². The second-order valence-corrected chi connectivity index (χ2v) is 19.1. The molecule has 0 aromatic rings. The third-order valence-corrected chi connectivity index (χ3v) is 12.0. The van der Waals surface area contributed by atoms with Gasteiger partial charge in [-0.1, -0.05) is 253 Å². The van der Waals surface area contributed by atoms with Crippen molar-refractivity contribution in [3.05, 3.63) is 0 Å². The van der Waals surface area contributed by atoms with E-state index in [0.29, 0.717) is 19.3 Å². The van der Waals surface area contributed by atoms with Gasteiger partial charge in [0.05, 0.1) is 0 Å². The molecular formula is C53H102O6. The highest BCUT2D eigenvalue weighted by atomic mass is 16.6. The zero-order valence-corrected chi connectivity index (χ0v) is 40.4. The van der Waals surface area contributed by atoms with Crippen molar-refractivity contribution in [1.29, 1.82) is 0 Å². The molecule has 0 fully saturated rings. The maximum atomic E-state index is 12.8. The van der Waals surface area contributed by atoms with Crippen molar-refractivity contribution < 1.29 is 28.6 Å². The van der Waals surface area contributed by atoms with Crippen molar-refractivity contribution in [1.82, 2.24) is 0 Å². The van der Waals surface area contributed by atoms with Crippen molar-refractivity contribution in [2.24, 2.45) is 11.8 Å². The van der Waals surface area contributed by atoms with Gasteiger partial charge in [0.2, 0.25) is 0 Å². The average Bonchev–Trinajstić information content (AvgIpc) is 3.20. The Kier molecular flexibility index (Phi) is 44.7. The van der Waals surface area contributed by atoms with Crippen LogP contribution in [0.25, 0.3) is 0 Å². The molecule has 0 bridgehead atoms. The average molecular weight is 835 g/mol. The molecule has 6 heteroatoms. The molecule has 0 heterocycles. The summed E-state index contributed by atoms with van der Waals surface area (Å²) in [7, 11) is 0. The number of hydrogen-bond acceptors (Lipinski definition) is 6. The lowest BCUT2D eigenvalue weighted by molar-refractivity contribution is -0.167. The van der Waals surface area contributed by atoms with E-state index < -0.39 is 6.10 Å². The Labute approximate surface area is 368 Å². The third kappa shape index (κ3) is 47.3. The summed E-state index contributed by atoms with van der Waals surface area (Å²) in [4.78, 5) is 37.8. The van der Waals surface area contributed by atoms with E-state index in [1.165, 1.54) is 180 Å². The molecule has 350 valence electrons. The van der Waals surface area contributed by atoms with Gasteiger partial charge in [-0.05, 0) is 31.1 Å². The lowest BCUT2D eigenvalue weighted by atomic mass is 10.0. The van der Waals surface area contributed by atoms with E-state index in [2.05, 4.69) is 34.6 Å². The fourth-order valence-electron chi connectivity index (χ4n) is 7.99. The number of carbonyl (C=O) groups excluding carboxylic acids is 3. The summed E-state index contributed by atoms with van der Waals surface area (Å²) in [5, 5.41) is 0. The van der Waals surface area contributed by atoms with Gasteiger partial charge >= 0.3 is 17.9 Å². The van der Waals surface area contributed by atoms with Crippen LogP contribution in [0.2, 0.25) is 0 Å². The molecule has 0 saturated carbocycles. The molecule has 0 spiro atoms. The van der Waals surface area contributed by atoms with Gasteiger partial charge < -0.3 is 14.2 Å². The fourth-order valence-corrected chi connectivity index (χ4v) is 7.99. The van der Waals surface area contributed by atoms with Crippen molar-refractivity contribution in [2.45, 2.75) is 298 Å². The molecule has 1 atom stereocenters. The first kappa shape index (κ1) is 57.4. The smallest absolute Gasteiger partial charge is 0.306 e. The molecule has 6 nitrogen and oxygen atoms in total. The van der Waals surface area contributed by atoms with Crippen LogP contribution in [0.1, 0.15) is 291 Å². The highest BCUT2D eigenvalue weighted by molar-refractivity contribution is 5.71. The zero-order valence-electron chi connectivity index (χ0n) is 40.4. The maximum Gasteiger partial charge on any atom is 0.306 e. The summed E-state index contributed by atoms with van der Waals surface area (Å²) in [6.45, 7) is 11.3. The van der Waals surface area contributed by atoms with E-state index >= 15 is 0 Å². The largest absolute Gasteiger partial charge is 0.462 e. The first-order valence-electron chi connectivity index (χ1n) is 26.2. The lowest BCUT2D eigenvalue weighted by Crippen LogP contribution is -2.30. The summed E-state index contributed by atoms with van der Waals surface area (Å²) in [5.41, 5.74) is 0. The Morgan fingerprint density at radius 1 is 0.322 bits per heavy atom. The number of rotatable bonds is 47. The molecule has 0 rings (SSSR count). The second-order valence-electron chi connectivity index (χ2n) is 19.1. The highest BCUT2D eigenvalue weighted by Crippen LogP contribution is 2.17. The Balaban J connectivity index is 4.15. The van der Waals surface area contributed by atoms with Gasteiger partial charge in [0.25, 0.3) is 0 Å². The molecule has 0 aliphatic rings. The van der Waals surface area contributed by atoms with Crippen LogP contribution in [0.4, 0.5) is 0 Å². The van der Waals surface area contributed by atoms with Gasteiger partial charge in [-0.15, -0.1) is 0 Å². The van der Waals surface area contributed by atoms with Gasteiger partial charge in [-0.3, -0.25) is 14.4 Å². The van der Waals surface area contributed by atoms with Gasteiger partial charge in [-0.25, -0.2) is 0 Å². The van der Waals surface area contributed by atoms with Crippen LogP contribution in [0.15, 0.2) is 0 Å². The molecule has 0 aliphatic carbocycles.